The van der Waals surface area contributed by atoms with Gasteiger partial charge in [0, 0.05) is 37.2 Å². The summed E-state index contributed by atoms with van der Waals surface area (Å²) < 4.78 is 16.7. The minimum Gasteiger partial charge on any atom is -0.496 e. The van der Waals surface area contributed by atoms with Gasteiger partial charge in [0.05, 0.1) is 26.9 Å². The van der Waals surface area contributed by atoms with Gasteiger partial charge in [0.1, 0.15) is 17.6 Å². The van der Waals surface area contributed by atoms with Crippen LogP contribution < -0.4 is 20.5 Å². The quantitative estimate of drug-likeness (QED) is 0.263. The molecule has 0 amide bonds. The van der Waals surface area contributed by atoms with Crippen molar-refractivity contribution in [2.24, 2.45) is 10.7 Å². The fraction of sp³-hybridized carbons (Fsp3) is 0.632. The van der Waals surface area contributed by atoms with Gasteiger partial charge in [-0.05, 0) is 32.0 Å². The lowest BCUT2D eigenvalue weighted by Crippen LogP contribution is -2.39. The Morgan fingerprint density at radius 2 is 2.15 bits per heavy atom. The van der Waals surface area contributed by atoms with Crippen molar-refractivity contribution in [3.05, 3.63) is 23.3 Å². The van der Waals surface area contributed by atoms with Gasteiger partial charge in [-0.25, -0.2) is 4.99 Å². The number of aliphatic imine (C=N–C) groups is 1. The van der Waals surface area contributed by atoms with Crippen LogP contribution in [-0.4, -0.2) is 63.5 Å². The predicted molar refractivity (Wildman–Crippen MR) is 117 cm³/mol. The first-order valence-electron chi connectivity index (χ1n) is 9.36. The number of nitrogens with two attached hydrogens (primary N) is 1. The highest BCUT2D eigenvalue weighted by Gasteiger charge is 2.21. The van der Waals surface area contributed by atoms with Crippen LogP contribution in [0.25, 0.3) is 0 Å². The van der Waals surface area contributed by atoms with Crippen LogP contribution in [0.3, 0.4) is 0 Å². The van der Waals surface area contributed by atoms with Crippen molar-refractivity contribution in [3.63, 3.8) is 0 Å². The maximum Gasteiger partial charge on any atom is 0.188 e. The average Bonchev–Trinajstić information content (AvgIpc) is 3.02. The van der Waals surface area contributed by atoms with E-state index in [0.717, 1.165) is 69.3 Å². The van der Waals surface area contributed by atoms with Crippen LogP contribution in [0.15, 0.2) is 17.1 Å². The third kappa shape index (κ3) is 6.39. The van der Waals surface area contributed by atoms with Crippen molar-refractivity contribution in [1.82, 2.24) is 10.2 Å². The van der Waals surface area contributed by atoms with E-state index in [1.165, 1.54) is 5.56 Å². The molecule has 7 nitrogen and oxygen atoms in total. The van der Waals surface area contributed by atoms with Gasteiger partial charge >= 0.3 is 0 Å². The molecule has 1 aromatic carbocycles. The zero-order chi connectivity index (χ0) is 18.4. The van der Waals surface area contributed by atoms with Gasteiger partial charge in [-0.2, -0.15) is 0 Å². The Balaban J connectivity index is 0.00000261. The molecule has 27 heavy (non-hydrogen) atoms. The number of nitrogens with one attached hydrogen (secondary N) is 1. The van der Waals surface area contributed by atoms with Gasteiger partial charge in [-0.1, -0.05) is 0 Å². The molecule has 0 bridgehead atoms. The Labute approximate surface area is 178 Å². The van der Waals surface area contributed by atoms with Crippen molar-refractivity contribution >= 4 is 29.9 Å². The molecule has 3 rings (SSSR count). The molecule has 1 unspecified atom stereocenters. The standard InChI is InChI=1S/C19H30N4O3.HI/c1-14-10-15-11-17(24-2)16(12-18(15)26-14)13-22-19(20)21-4-3-5-23-6-8-25-9-7-23;/h11-12,14H,3-10,13H2,1-2H3,(H3,20,21,22);1H. The number of guanidine groups is 1. The number of fused-ring (bicyclic) bond motifs is 1. The van der Waals surface area contributed by atoms with Crippen LogP contribution in [-0.2, 0) is 17.7 Å². The molecule has 2 heterocycles. The first kappa shape index (κ1) is 22.0. The second kappa shape index (κ2) is 10.9. The Morgan fingerprint density at radius 1 is 1.37 bits per heavy atom. The van der Waals surface area contributed by atoms with Crippen molar-refractivity contribution in [2.45, 2.75) is 32.4 Å². The van der Waals surface area contributed by atoms with E-state index in [-0.39, 0.29) is 30.1 Å². The van der Waals surface area contributed by atoms with Crippen LogP contribution in [0.2, 0.25) is 0 Å². The molecular weight excluding hydrogens is 459 g/mol. The molecule has 1 aromatic rings. The zero-order valence-electron chi connectivity index (χ0n) is 16.2. The van der Waals surface area contributed by atoms with Crippen molar-refractivity contribution in [2.75, 3.05) is 46.5 Å². The lowest BCUT2D eigenvalue weighted by molar-refractivity contribution is 0.0376. The summed E-state index contributed by atoms with van der Waals surface area (Å²) in [6.45, 7) is 8.11. The highest BCUT2D eigenvalue weighted by Crippen LogP contribution is 2.35. The molecule has 0 radical (unpaired) electrons. The summed E-state index contributed by atoms with van der Waals surface area (Å²) in [5, 5.41) is 3.19. The normalized spacial score (nSPS) is 19.8. The number of nitrogens with zero attached hydrogens (tertiary/aromatic N) is 2. The summed E-state index contributed by atoms with van der Waals surface area (Å²) in [7, 11) is 1.68. The maximum absolute atomic E-state index is 6.00. The number of benzene rings is 1. The SMILES string of the molecule is COc1cc2c(cc1CN=C(N)NCCCN1CCOCC1)OC(C)C2.I. The van der Waals surface area contributed by atoms with Crippen LogP contribution in [0.5, 0.6) is 11.5 Å². The zero-order valence-corrected chi connectivity index (χ0v) is 18.5. The summed E-state index contributed by atoms with van der Waals surface area (Å²) in [6.07, 6.45) is 2.17. The van der Waals surface area contributed by atoms with Crippen molar-refractivity contribution in [1.29, 1.82) is 0 Å². The summed E-state index contributed by atoms with van der Waals surface area (Å²) in [5.41, 5.74) is 8.18. The van der Waals surface area contributed by atoms with E-state index >= 15 is 0 Å². The molecule has 3 N–H and O–H groups in total. The molecule has 0 saturated carbocycles. The number of methoxy groups -OCH3 is 1. The Bertz CT molecular complexity index is 636. The number of halogens is 1. The third-order valence-electron chi connectivity index (χ3n) is 4.78. The van der Waals surface area contributed by atoms with E-state index in [9.17, 15) is 0 Å². The molecule has 1 atom stereocenters. The van der Waals surface area contributed by atoms with E-state index in [1.807, 2.05) is 6.07 Å². The number of rotatable bonds is 7. The minimum atomic E-state index is 0. The van der Waals surface area contributed by atoms with E-state index in [2.05, 4.69) is 28.2 Å². The summed E-state index contributed by atoms with van der Waals surface area (Å²) >= 11 is 0. The van der Waals surface area contributed by atoms with Gasteiger partial charge < -0.3 is 25.3 Å². The third-order valence-corrected chi connectivity index (χ3v) is 4.78. The number of morpholine rings is 1. The lowest BCUT2D eigenvalue weighted by Gasteiger charge is -2.26. The minimum absolute atomic E-state index is 0. The Morgan fingerprint density at radius 3 is 2.89 bits per heavy atom. The molecule has 152 valence electrons. The second-order valence-electron chi connectivity index (χ2n) is 6.84. The van der Waals surface area contributed by atoms with Gasteiger partial charge in [-0.15, -0.1) is 24.0 Å². The van der Waals surface area contributed by atoms with Crippen molar-refractivity contribution in [3.8, 4) is 11.5 Å². The fourth-order valence-corrected chi connectivity index (χ4v) is 3.37. The van der Waals surface area contributed by atoms with Crippen LogP contribution in [0.4, 0.5) is 0 Å². The highest BCUT2D eigenvalue weighted by atomic mass is 127. The van der Waals surface area contributed by atoms with Crippen LogP contribution >= 0.6 is 24.0 Å². The lowest BCUT2D eigenvalue weighted by atomic mass is 10.1. The van der Waals surface area contributed by atoms with Gasteiger partial charge in [0.2, 0.25) is 0 Å². The average molecular weight is 490 g/mol. The molecule has 8 heteroatoms. The van der Waals surface area contributed by atoms with Gasteiger partial charge in [0.25, 0.3) is 0 Å². The van der Waals surface area contributed by atoms with E-state index in [4.69, 9.17) is 19.9 Å². The smallest absolute Gasteiger partial charge is 0.188 e. The fourth-order valence-electron chi connectivity index (χ4n) is 3.37. The second-order valence-corrected chi connectivity index (χ2v) is 6.84. The first-order valence-corrected chi connectivity index (χ1v) is 9.36. The van der Waals surface area contributed by atoms with E-state index < -0.39 is 0 Å². The number of ether oxygens (including phenoxy) is 3. The van der Waals surface area contributed by atoms with Gasteiger partial charge in [0.15, 0.2) is 5.96 Å². The first-order chi connectivity index (χ1) is 12.7. The Hall–Kier alpha value is -1.26. The number of hydrogen-bond acceptors (Lipinski definition) is 5. The molecule has 0 aromatic heterocycles. The summed E-state index contributed by atoms with van der Waals surface area (Å²) in [5.74, 6) is 2.23. The Kier molecular flexibility index (Phi) is 8.91. The van der Waals surface area contributed by atoms with E-state index in [1.54, 1.807) is 7.11 Å². The molecule has 1 fully saturated rings. The van der Waals surface area contributed by atoms with Crippen molar-refractivity contribution < 1.29 is 14.2 Å². The molecular formula is C19H31IN4O3. The molecule has 0 spiro atoms. The number of hydrogen-bond donors (Lipinski definition) is 2. The topological polar surface area (TPSA) is 81.3 Å². The van der Waals surface area contributed by atoms with E-state index in [0.29, 0.717) is 12.5 Å². The van der Waals surface area contributed by atoms with Crippen LogP contribution in [0, 0.1) is 0 Å². The molecule has 2 aliphatic heterocycles. The maximum atomic E-state index is 6.00. The molecule has 1 saturated heterocycles. The molecule has 0 aliphatic carbocycles. The monoisotopic (exact) mass is 490 g/mol. The van der Waals surface area contributed by atoms with Gasteiger partial charge in [-0.3, -0.25) is 4.90 Å². The highest BCUT2D eigenvalue weighted by molar-refractivity contribution is 14.0. The summed E-state index contributed by atoms with van der Waals surface area (Å²) in [4.78, 5) is 6.86. The summed E-state index contributed by atoms with van der Waals surface area (Å²) in [6, 6.07) is 4.07. The molecule has 2 aliphatic rings. The largest absolute Gasteiger partial charge is 0.496 e. The predicted octanol–water partition coefficient (Wildman–Crippen LogP) is 1.76. The van der Waals surface area contributed by atoms with Crippen LogP contribution in [0.1, 0.15) is 24.5 Å².